The second-order valence-corrected chi connectivity index (χ2v) is 4.91. The van der Waals surface area contributed by atoms with Crippen LogP contribution in [0.5, 0.6) is 0 Å². The van der Waals surface area contributed by atoms with Crippen LogP contribution in [0.3, 0.4) is 0 Å². The summed E-state index contributed by atoms with van der Waals surface area (Å²) >= 11 is 5.32. The minimum absolute atomic E-state index is 0.210. The summed E-state index contributed by atoms with van der Waals surface area (Å²) in [4.78, 5) is 4.42. The normalized spacial score (nSPS) is 19.4. The molecule has 0 bridgehead atoms. The lowest BCUT2D eigenvalue weighted by molar-refractivity contribution is 0.0969. The molecule has 0 aliphatic carbocycles. The zero-order valence-corrected chi connectivity index (χ0v) is 10.8. The van der Waals surface area contributed by atoms with Crippen LogP contribution in [0.25, 0.3) is 10.9 Å². The first kappa shape index (κ1) is 11.6. The molecular formula is C13H15N3OS. The van der Waals surface area contributed by atoms with Gasteiger partial charge in [0.15, 0.2) is 0 Å². The van der Waals surface area contributed by atoms with Gasteiger partial charge in [-0.2, -0.15) is 0 Å². The third kappa shape index (κ3) is 2.00. The smallest absolute Gasteiger partial charge is 0.201 e. The van der Waals surface area contributed by atoms with Gasteiger partial charge in [0.05, 0.1) is 18.2 Å². The van der Waals surface area contributed by atoms with Crippen molar-refractivity contribution in [2.45, 2.75) is 25.5 Å². The van der Waals surface area contributed by atoms with Crippen molar-refractivity contribution in [3.05, 3.63) is 29.0 Å². The zero-order chi connectivity index (χ0) is 12.5. The first-order chi connectivity index (χ1) is 8.75. The molecule has 0 radical (unpaired) electrons. The Labute approximate surface area is 110 Å². The summed E-state index contributed by atoms with van der Waals surface area (Å²) in [5.41, 5.74) is 7.05. The zero-order valence-electron chi connectivity index (χ0n) is 10.0. The number of anilines is 1. The fourth-order valence-electron chi connectivity index (χ4n) is 2.37. The lowest BCUT2D eigenvalue weighted by atomic mass is 10.2. The Bertz CT molecular complexity index is 632. The number of nitrogens with two attached hydrogens (primary N) is 1. The van der Waals surface area contributed by atoms with Crippen molar-refractivity contribution in [3.63, 3.8) is 0 Å². The molecular weight excluding hydrogens is 246 g/mol. The highest BCUT2D eigenvalue weighted by Crippen LogP contribution is 2.22. The van der Waals surface area contributed by atoms with Gasteiger partial charge in [-0.1, -0.05) is 12.1 Å². The molecule has 1 aliphatic heterocycles. The SMILES string of the molecule is Nc1c2ccccc2nc(=S)n1CC1CCCO1. The molecule has 3 rings (SSSR count). The van der Waals surface area contributed by atoms with Crippen molar-refractivity contribution in [1.82, 2.24) is 9.55 Å². The second kappa shape index (κ2) is 4.66. The summed E-state index contributed by atoms with van der Waals surface area (Å²) < 4.78 is 8.04. The van der Waals surface area contributed by atoms with Crippen molar-refractivity contribution in [2.75, 3.05) is 12.3 Å². The molecule has 1 aliphatic rings. The van der Waals surface area contributed by atoms with E-state index in [2.05, 4.69) is 4.98 Å². The fraction of sp³-hybridized carbons (Fsp3) is 0.385. The number of hydrogen-bond acceptors (Lipinski definition) is 4. The van der Waals surface area contributed by atoms with Gasteiger partial charge in [-0.25, -0.2) is 4.98 Å². The molecule has 1 atom stereocenters. The van der Waals surface area contributed by atoms with Crippen LogP contribution < -0.4 is 5.73 Å². The molecule has 1 unspecified atom stereocenters. The fourth-order valence-corrected chi connectivity index (χ4v) is 2.64. The van der Waals surface area contributed by atoms with E-state index < -0.39 is 0 Å². The number of nitrogens with zero attached hydrogens (tertiary/aromatic N) is 2. The highest BCUT2D eigenvalue weighted by atomic mass is 32.1. The molecule has 0 amide bonds. The number of para-hydroxylation sites is 1. The van der Waals surface area contributed by atoms with Gasteiger partial charge in [-0.15, -0.1) is 0 Å². The van der Waals surface area contributed by atoms with E-state index in [4.69, 9.17) is 22.7 Å². The van der Waals surface area contributed by atoms with Crippen LogP contribution >= 0.6 is 12.2 Å². The summed E-state index contributed by atoms with van der Waals surface area (Å²) in [6.45, 7) is 1.53. The van der Waals surface area contributed by atoms with Crippen LogP contribution in [0.4, 0.5) is 5.82 Å². The van der Waals surface area contributed by atoms with Crippen molar-refractivity contribution >= 4 is 28.9 Å². The Kier molecular flexibility index (Phi) is 3.01. The lowest BCUT2D eigenvalue weighted by Gasteiger charge is -2.16. The van der Waals surface area contributed by atoms with Crippen molar-refractivity contribution in [3.8, 4) is 0 Å². The van der Waals surface area contributed by atoms with E-state index in [1.807, 2.05) is 28.8 Å². The molecule has 2 aromatic rings. The monoisotopic (exact) mass is 261 g/mol. The van der Waals surface area contributed by atoms with Gasteiger partial charge < -0.3 is 15.0 Å². The Morgan fingerprint density at radius 2 is 2.28 bits per heavy atom. The minimum atomic E-state index is 0.210. The van der Waals surface area contributed by atoms with Crippen LogP contribution in [0.15, 0.2) is 24.3 Å². The molecule has 1 fully saturated rings. The Morgan fingerprint density at radius 3 is 3.06 bits per heavy atom. The quantitative estimate of drug-likeness (QED) is 0.844. The first-order valence-electron chi connectivity index (χ1n) is 6.12. The molecule has 2 heterocycles. The van der Waals surface area contributed by atoms with E-state index in [1.165, 1.54) is 0 Å². The highest BCUT2D eigenvalue weighted by molar-refractivity contribution is 7.71. The molecule has 2 N–H and O–H groups in total. The molecule has 1 aromatic heterocycles. The number of ether oxygens (including phenoxy) is 1. The van der Waals surface area contributed by atoms with Crippen LogP contribution in [0.1, 0.15) is 12.8 Å². The number of nitrogen functional groups attached to an aromatic ring is 1. The number of fused-ring (bicyclic) bond motifs is 1. The minimum Gasteiger partial charge on any atom is -0.384 e. The van der Waals surface area contributed by atoms with Crippen LogP contribution in [-0.4, -0.2) is 22.3 Å². The third-order valence-electron chi connectivity index (χ3n) is 3.33. The summed E-state index contributed by atoms with van der Waals surface area (Å²) in [5.74, 6) is 0.682. The van der Waals surface area contributed by atoms with Crippen LogP contribution in [0, 0.1) is 4.77 Å². The predicted molar refractivity (Wildman–Crippen MR) is 74.0 cm³/mol. The molecule has 4 nitrogen and oxygen atoms in total. The second-order valence-electron chi connectivity index (χ2n) is 4.54. The van der Waals surface area contributed by atoms with E-state index in [9.17, 15) is 0 Å². The van der Waals surface area contributed by atoms with Gasteiger partial charge in [0.2, 0.25) is 4.77 Å². The summed E-state index contributed by atoms with van der Waals surface area (Å²) in [5, 5.41) is 0.948. The van der Waals surface area contributed by atoms with Crippen molar-refractivity contribution in [2.24, 2.45) is 0 Å². The van der Waals surface area contributed by atoms with Gasteiger partial charge in [-0.05, 0) is 37.2 Å². The molecule has 1 saturated heterocycles. The van der Waals surface area contributed by atoms with E-state index in [1.54, 1.807) is 0 Å². The first-order valence-corrected chi connectivity index (χ1v) is 6.53. The average molecular weight is 261 g/mol. The molecule has 0 spiro atoms. The van der Waals surface area contributed by atoms with Crippen LogP contribution in [0.2, 0.25) is 0 Å². The largest absolute Gasteiger partial charge is 0.384 e. The number of rotatable bonds is 2. The van der Waals surface area contributed by atoms with E-state index in [0.29, 0.717) is 17.1 Å². The maximum Gasteiger partial charge on any atom is 0.201 e. The highest BCUT2D eigenvalue weighted by Gasteiger charge is 2.17. The van der Waals surface area contributed by atoms with Crippen molar-refractivity contribution < 1.29 is 4.74 Å². The number of hydrogen-bond donors (Lipinski definition) is 1. The molecule has 94 valence electrons. The van der Waals surface area contributed by atoms with Crippen LogP contribution in [-0.2, 0) is 11.3 Å². The van der Waals surface area contributed by atoms with E-state index in [0.717, 1.165) is 30.4 Å². The van der Waals surface area contributed by atoms with Gasteiger partial charge >= 0.3 is 0 Å². The maximum atomic E-state index is 6.20. The third-order valence-corrected chi connectivity index (χ3v) is 3.64. The lowest BCUT2D eigenvalue weighted by Crippen LogP contribution is -2.19. The molecule has 5 heteroatoms. The standard InChI is InChI=1S/C13H15N3OS/c14-12-10-5-1-2-6-11(10)15-13(18)16(12)8-9-4-3-7-17-9/h1-2,5-6,9H,3-4,7-8,14H2. The summed E-state index contributed by atoms with van der Waals surface area (Å²) in [6, 6.07) is 7.80. The number of benzene rings is 1. The predicted octanol–water partition coefficient (Wildman–Crippen LogP) is 2.53. The molecule has 0 saturated carbocycles. The van der Waals surface area contributed by atoms with Gasteiger partial charge in [-0.3, -0.25) is 0 Å². The maximum absolute atomic E-state index is 6.20. The van der Waals surface area contributed by atoms with Gasteiger partial charge in [0.1, 0.15) is 5.82 Å². The van der Waals surface area contributed by atoms with Crippen molar-refractivity contribution in [1.29, 1.82) is 0 Å². The number of aromatic nitrogens is 2. The van der Waals surface area contributed by atoms with E-state index >= 15 is 0 Å². The Hall–Kier alpha value is -1.46. The molecule has 18 heavy (non-hydrogen) atoms. The average Bonchev–Trinajstić information content (AvgIpc) is 2.87. The van der Waals surface area contributed by atoms with Gasteiger partial charge in [0, 0.05) is 12.0 Å². The van der Waals surface area contributed by atoms with E-state index in [-0.39, 0.29) is 6.10 Å². The Balaban J connectivity index is 2.07. The Morgan fingerprint density at radius 1 is 1.44 bits per heavy atom. The topological polar surface area (TPSA) is 53.1 Å². The van der Waals surface area contributed by atoms with Gasteiger partial charge in [0.25, 0.3) is 0 Å². The summed E-state index contributed by atoms with van der Waals surface area (Å²) in [6.07, 6.45) is 2.38. The summed E-state index contributed by atoms with van der Waals surface area (Å²) in [7, 11) is 0. The molecule has 1 aromatic carbocycles.